The second-order valence-electron chi connectivity index (χ2n) is 7.61. The molecule has 3 aromatic rings. The van der Waals surface area contributed by atoms with Crippen LogP contribution in [0.15, 0.2) is 60.7 Å². The normalized spacial score (nSPS) is 10.4. The quantitative estimate of drug-likeness (QED) is 0.403. The third-order valence-corrected chi connectivity index (χ3v) is 4.96. The molecule has 0 atom stereocenters. The average Bonchev–Trinajstić information content (AvgIpc) is 2.79. The Labute approximate surface area is 193 Å². The Hall–Kier alpha value is -4.00. The van der Waals surface area contributed by atoms with Crippen LogP contribution in [-0.4, -0.2) is 30.2 Å². The smallest absolute Gasteiger partial charge is 0.335 e. The van der Waals surface area contributed by atoms with Crippen molar-refractivity contribution in [1.82, 2.24) is 0 Å². The van der Waals surface area contributed by atoms with Crippen LogP contribution in [-0.2, 0) is 11.3 Å². The number of carboxylic acid groups (broad SMARTS) is 1. The van der Waals surface area contributed by atoms with Crippen LogP contribution >= 0.6 is 0 Å². The van der Waals surface area contributed by atoms with E-state index in [4.69, 9.17) is 14.6 Å². The highest BCUT2D eigenvalue weighted by Crippen LogP contribution is 2.29. The zero-order chi connectivity index (χ0) is 23.8. The highest BCUT2D eigenvalue weighted by atomic mass is 16.5. The van der Waals surface area contributed by atoms with E-state index in [0.717, 1.165) is 22.4 Å². The Bertz CT molecular complexity index is 1130. The second kappa shape index (κ2) is 11.0. The number of aryl methyl sites for hydroxylation is 2. The average molecular weight is 449 g/mol. The van der Waals surface area contributed by atoms with Crippen molar-refractivity contribution in [2.45, 2.75) is 27.3 Å². The number of carboxylic acids is 1. The van der Waals surface area contributed by atoms with Crippen molar-refractivity contribution in [2.75, 3.05) is 23.8 Å². The summed E-state index contributed by atoms with van der Waals surface area (Å²) >= 11 is 0. The summed E-state index contributed by atoms with van der Waals surface area (Å²) in [6.07, 6.45) is 0. The fourth-order valence-electron chi connectivity index (χ4n) is 3.22. The molecule has 7 nitrogen and oxygen atoms in total. The first-order valence-electron chi connectivity index (χ1n) is 10.7. The lowest BCUT2D eigenvalue weighted by Gasteiger charge is -2.15. The summed E-state index contributed by atoms with van der Waals surface area (Å²) in [5.74, 6) is -0.166. The van der Waals surface area contributed by atoms with Crippen molar-refractivity contribution in [2.24, 2.45) is 0 Å². The molecule has 0 aliphatic rings. The van der Waals surface area contributed by atoms with E-state index in [2.05, 4.69) is 10.6 Å². The standard InChI is InChI=1S/C26H28N2O5/c1-4-32-24-14-19(15-27-22-11-8-20(26(30)31)13-18(22)3)7-12-23(24)33-16-25(29)28-21-9-5-17(2)6-10-21/h5-14,27H,4,15-16H2,1-3H3,(H,28,29)(H,30,31). The van der Waals surface area contributed by atoms with Gasteiger partial charge in [-0.05, 0) is 74.4 Å². The topological polar surface area (TPSA) is 96.9 Å². The molecule has 0 fully saturated rings. The van der Waals surface area contributed by atoms with Crippen molar-refractivity contribution < 1.29 is 24.2 Å². The highest BCUT2D eigenvalue weighted by Gasteiger charge is 2.11. The maximum absolute atomic E-state index is 12.2. The molecule has 0 aromatic heterocycles. The first kappa shape index (κ1) is 23.7. The molecule has 0 aliphatic carbocycles. The third kappa shape index (κ3) is 6.74. The molecule has 3 N–H and O–H groups in total. The Morgan fingerprint density at radius 1 is 0.909 bits per heavy atom. The van der Waals surface area contributed by atoms with Crippen LogP contribution in [0.3, 0.4) is 0 Å². The Kier molecular flexibility index (Phi) is 7.91. The van der Waals surface area contributed by atoms with Crippen LogP contribution < -0.4 is 20.1 Å². The maximum Gasteiger partial charge on any atom is 0.335 e. The number of nitrogens with one attached hydrogen (secondary N) is 2. The summed E-state index contributed by atoms with van der Waals surface area (Å²) in [5, 5.41) is 15.2. The molecule has 0 radical (unpaired) electrons. The number of anilines is 2. The van der Waals surface area contributed by atoms with Gasteiger partial charge >= 0.3 is 5.97 Å². The SMILES string of the molecule is CCOc1cc(CNc2ccc(C(=O)O)cc2C)ccc1OCC(=O)Nc1ccc(C)cc1. The van der Waals surface area contributed by atoms with Crippen molar-refractivity contribution in [3.05, 3.63) is 82.9 Å². The van der Waals surface area contributed by atoms with E-state index in [0.29, 0.717) is 30.3 Å². The van der Waals surface area contributed by atoms with Gasteiger partial charge in [-0.25, -0.2) is 4.79 Å². The first-order valence-corrected chi connectivity index (χ1v) is 10.7. The fraction of sp³-hybridized carbons (Fsp3) is 0.231. The maximum atomic E-state index is 12.2. The zero-order valence-corrected chi connectivity index (χ0v) is 19.0. The molecule has 3 aromatic carbocycles. The number of carbonyl (C=O) groups excluding carboxylic acids is 1. The Morgan fingerprint density at radius 3 is 2.33 bits per heavy atom. The van der Waals surface area contributed by atoms with Crippen LogP contribution in [0.1, 0.15) is 34.0 Å². The lowest BCUT2D eigenvalue weighted by atomic mass is 10.1. The molecule has 1 amide bonds. The molecular weight excluding hydrogens is 420 g/mol. The van der Waals surface area contributed by atoms with Gasteiger partial charge in [0.2, 0.25) is 0 Å². The monoisotopic (exact) mass is 448 g/mol. The molecule has 0 unspecified atom stereocenters. The summed E-state index contributed by atoms with van der Waals surface area (Å²) in [7, 11) is 0. The summed E-state index contributed by atoms with van der Waals surface area (Å²) in [6.45, 7) is 6.56. The van der Waals surface area contributed by atoms with Crippen molar-refractivity contribution in [3.63, 3.8) is 0 Å². The minimum Gasteiger partial charge on any atom is -0.490 e. The van der Waals surface area contributed by atoms with Gasteiger partial charge in [0.15, 0.2) is 18.1 Å². The van der Waals surface area contributed by atoms with E-state index >= 15 is 0 Å². The summed E-state index contributed by atoms with van der Waals surface area (Å²) in [5.41, 5.74) is 4.74. The van der Waals surface area contributed by atoms with Gasteiger partial charge < -0.3 is 25.2 Å². The summed E-state index contributed by atoms with van der Waals surface area (Å²) in [6, 6.07) is 18.0. The molecule has 7 heteroatoms. The van der Waals surface area contributed by atoms with E-state index in [9.17, 15) is 9.59 Å². The summed E-state index contributed by atoms with van der Waals surface area (Å²) in [4.78, 5) is 23.3. The minimum absolute atomic E-state index is 0.138. The van der Waals surface area contributed by atoms with E-state index in [1.54, 1.807) is 24.3 Å². The molecule has 0 spiro atoms. The lowest BCUT2D eigenvalue weighted by Crippen LogP contribution is -2.20. The molecule has 0 bridgehead atoms. The molecule has 33 heavy (non-hydrogen) atoms. The third-order valence-electron chi connectivity index (χ3n) is 4.96. The molecule has 0 aliphatic heterocycles. The van der Waals surface area contributed by atoms with E-state index < -0.39 is 5.97 Å². The van der Waals surface area contributed by atoms with Crippen LogP contribution in [0.5, 0.6) is 11.5 Å². The van der Waals surface area contributed by atoms with Gasteiger partial charge in [-0.2, -0.15) is 0 Å². The fourth-order valence-corrected chi connectivity index (χ4v) is 3.22. The number of hydrogen-bond donors (Lipinski definition) is 3. The van der Waals surface area contributed by atoms with Gasteiger partial charge in [-0.1, -0.05) is 23.8 Å². The predicted octanol–water partition coefficient (Wildman–Crippen LogP) is 5.03. The molecule has 0 heterocycles. The number of amides is 1. The van der Waals surface area contributed by atoms with E-state index in [1.165, 1.54) is 0 Å². The van der Waals surface area contributed by atoms with Crippen molar-refractivity contribution in [3.8, 4) is 11.5 Å². The summed E-state index contributed by atoms with van der Waals surface area (Å²) < 4.78 is 11.4. The van der Waals surface area contributed by atoms with Gasteiger partial charge in [-0.15, -0.1) is 0 Å². The van der Waals surface area contributed by atoms with Crippen molar-refractivity contribution >= 4 is 23.3 Å². The van der Waals surface area contributed by atoms with E-state index in [-0.39, 0.29) is 18.1 Å². The molecule has 3 rings (SSSR count). The molecule has 0 saturated heterocycles. The van der Waals surface area contributed by atoms with Gasteiger partial charge in [0, 0.05) is 17.9 Å². The lowest BCUT2D eigenvalue weighted by molar-refractivity contribution is -0.118. The molecule has 0 saturated carbocycles. The van der Waals surface area contributed by atoms with Crippen LogP contribution in [0.2, 0.25) is 0 Å². The number of benzene rings is 3. The number of rotatable bonds is 10. The van der Waals surface area contributed by atoms with Crippen molar-refractivity contribution in [1.29, 1.82) is 0 Å². The van der Waals surface area contributed by atoms with Gasteiger partial charge in [0.1, 0.15) is 0 Å². The predicted molar refractivity (Wildman–Crippen MR) is 128 cm³/mol. The second-order valence-corrected chi connectivity index (χ2v) is 7.61. The highest BCUT2D eigenvalue weighted by molar-refractivity contribution is 5.92. The molecular formula is C26H28N2O5. The Balaban J connectivity index is 1.62. The number of carbonyl (C=O) groups is 2. The number of ether oxygens (including phenoxy) is 2. The minimum atomic E-state index is -0.950. The Morgan fingerprint density at radius 2 is 1.67 bits per heavy atom. The number of aromatic carboxylic acids is 1. The first-order chi connectivity index (χ1) is 15.9. The van der Waals surface area contributed by atoms with E-state index in [1.807, 2.05) is 57.2 Å². The zero-order valence-electron chi connectivity index (χ0n) is 19.0. The van der Waals surface area contributed by atoms with Crippen LogP contribution in [0, 0.1) is 13.8 Å². The number of hydrogen-bond acceptors (Lipinski definition) is 5. The van der Waals surface area contributed by atoms with Crippen LogP contribution in [0.25, 0.3) is 0 Å². The molecule has 172 valence electrons. The van der Waals surface area contributed by atoms with Gasteiger partial charge in [0.25, 0.3) is 5.91 Å². The largest absolute Gasteiger partial charge is 0.490 e. The van der Waals surface area contributed by atoms with Gasteiger partial charge in [0.05, 0.1) is 12.2 Å². The van der Waals surface area contributed by atoms with Gasteiger partial charge in [-0.3, -0.25) is 4.79 Å². The van der Waals surface area contributed by atoms with Crippen LogP contribution in [0.4, 0.5) is 11.4 Å².